The van der Waals surface area contributed by atoms with E-state index in [0.717, 1.165) is 26.5 Å². The number of anilines is 1. The first-order valence-corrected chi connectivity index (χ1v) is 7.42. The lowest BCUT2D eigenvalue weighted by Gasteiger charge is -2.08. The molecule has 0 aliphatic carbocycles. The van der Waals surface area contributed by atoms with Crippen LogP contribution in [-0.4, -0.2) is 16.1 Å². The largest absolute Gasteiger partial charge is 0.481 e. The van der Waals surface area contributed by atoms with Crippen LogP contribution in [0.15, 0.2) is 48.5 Å². The van der Waals surface area contributed by atoms with Crippen molar-refractivity contribution in [2.45, 2.75) is 13.0 Å². The van der Waals surface area contributed by atoms with Gasteiger partial charge in [0.2, 0.25) is 0 Å². The third kappa shape index (κ3) is 3.20. The van der Waals surface area contributed by atoms with E-state index in [1.165, 1.54) is 0 Å². The summed E-state index contributed by atoms with van der Waals surface area (Å²) in [6, 6.07) is 15.6. The average molecular weight is 298 g/mol. The molecule has 2 aromatic carbocycles. The van der Waals surface area contributed by atoms with E-state index in [0.29, 0.717) is 6.54 Å². The molecule has 4 nitrogen and oxygen atoms in total. The van der Waals surface area contributed by atoms with Crippen molar-refractivity contribution in [2.75, 3.05) is 5.32 Å². The van der Waals surface area contributed by atoms with Gasteiger partial charge in [0.15, 0.2) is 5.13 Å². The van der Waals surface area contributed by atoms with Crippen LogP contribution in [0, 0.1) is 0 Å². The van der Waals surface area contributed by atoms with Crippen molar-refractivity contribution in [2.24, 2.45) is 0 Å². The molecule has 0 bridgehead atoms. The minimum atomic E-state index is -0.817. The molecule has 0 unspecified atom stereocenters. The molecule has 0 atom stereocenters. The highest BCUT2D eigenvalue weighted by Gasteiger charge is 2.07. The Morgan fingerprint density at radius 2 is 1.81 bits per heavy atom. The first-order valence-electron chi connectivity index (χ1n) is 6.60. The van der Waals surface area contributed by atoms with Crippen LogP contribution in [-0.2, 0) is 17.8 Å². The maximum absolute atomic E-state index is 10.9. The smallest absolute Gasteiger partial charge is 0.307 e. The molecule has 5 heteroatoms. The van der Waals surface area contributed by atoms with Crippen LogP contribution < -0.4 is 5.32 Å². The van der Waals surface area contributed by atoms with Gasteiger partial charge in [0.25, 0.3) is 0 Å². The monoisotopic (exact) mass is 298 g/mol. The first-order chi connectivity index (χ1) is 10.2. The van der Waals surface area contributed by atoms with Crippen LogP contribution in [0.1, 0.15) is 11.1 Å². The highest BCUT2D eigenvalue weighted by Crippen LogP contribution is 2.26. The summed E-state index contributed by atoms with van der Waals surface area (Å²) in [4.78, 5) is 15.4. The van der Waals surface area contributed by atoms with Gasteiger partial charge in [0, 0.05) is 6.54 Å². The van der Waals surface area contributed by atoms with E-state index in [2.05, 4.69) is 10.3 Å². The number of carbonyl (C=O) groups is 1. The lowest BCUT2D eigenvalue weighted by atomic mass is 10.0. The molecular weight excluding hydrogens is 284 g/mol. The normalized spacial score (nSPS) is 10.7. The fourth-order valence-electron chi connectivity index (χ4n) is 2.18. The van der Waals surface area contributed by atoms with Crippen LogP contribution in [0.4, 0.5) is 5.13 Å². The summed E-state index contributed by atoms with van der Waals surface area (Å²) < 4.78 is 1.14. The fraction of sp³-hybridized carbons (Fsp3) is 0.125. The van der Waals surface area contributed by atoms with Gasteiger partial charge in [-0.25, -0.2) is 4.98 Å². The summed E-state index contributed by atoms with van der Waals surface area (Å²) in [5, 5.41) is 13.1. The molecule has 0 spiro atoms. The quantitative estimate of drug-likeness (QED) is 0.756. The van der Waals surface area contributed by atoms with Crippen molar-refractivity contribution < 1.29 is 9.90 Å². The number of benzene rings is 2. The maximum atomic E-state index is 10.9. The van der Waals surface area contributed by atoms with E-state index in [9.17, 15) is 4.79 Å². The van der Waals surface area contributed by atoms with Crippen molar-refractivity contribution in [3.05, 3.63) is 59.7 Å². The SMILES string of the molecule is O=C(O)Cc1ccccc1CNc1nc2ccccc2s1. The molecule has 0 aliphatic rings. The van der Waals surface area contributed by atoms with Gasteiger partial charge in [-0.15, -0.1) is 0 Å². The summed E-state index contributed by atoms with van der Waals surface area (Å²) >= 11 is 1.60. The number of fused-ring (bicyclic) bond motifs is 1. The summed E-state index contributed by atoms with van der Waals surface area (Å²) in [5.74, 6) is -0.817. The van der Waals surface area contributed by atoms with E-state index in [-0.39, 0.29) is 6.42 Å². The number of para-hydroxylation sites is 1. The molecule has 21 heavy (non-hydrogen) atoms. The number of carboxylic acids is 1. The van der Waals surface area contributed by atoms with Crippen molar-refractivity contribution in [1.82, 2.24) is 4.98 Å². The molecular formula is C16H14N2O2S. The molecule has 0 radical (unpaired) electrons. The maximum Gasteiger partial charge on any atom is 0.307 e. The Hall–Kier alpha value is -2.40. The average Bonchev–Trinajstić information content (AvgIpc) is 2.88. The van der Waals surface area contributed by atoms with Gasteiger partial charge in [-0.3, -0.25) is 4.79 Å². The zero-order valence-electron chi connectivity index (χ0n) is 11.2. The van der Waals surface area contributed by atoms with Gasteiger partial charge in [-0.1, -0.05) is 47.7 Å². The van der Waals surface area contributed by atoms with Crippen LogP contribution in [0.3, 0.4) is 0 Å². The van der Waals surface area contributed by atoms with Crippen molar-refractivity contribution in [3.8, 4) is 0 Å². The van der Waals surface area contributed by atoms with Gasteiger partial charge in [0.1, 0.15) is 0 Å². The zero-order chi connectivity index (χ0) is 14.7. The van der Waals surface area contributed by atoms with Gasteiger partial charge in [0.05, 0.1) is 16.6 Å². The third-order valence-corrected chi connectivity index (χ3v) is 4.18. The number of aromatic nitrogens is 1. The molecule has 1 aromatic heterocycles. The Bertz CT molecular complexity index is 750. The number of nitrogens with zero attached hydrogens (tertiary/aromatic N) is 1. The molecule has 3 aromatic rings. The van der Waals surface area contributed by atoms with Gasteiger partial charge < -0.3 is 10.4 Å². The molecule has 1 heterocycles. The number of rotatable bonds is 5. The van der Waals surface area contributed by atoms with Gasteiger partial charge in [-0.05, 0) is 23.3 Å². The second kappa shape index (κ2) is 5.93. The Kier molecular flexibility index (Phi) is 3.83. The Labute approximate surface area is 126 Å². The van der Waals surface area contributed by atoms with E-state index in [1.54, 1.807) is 11.3 Å². The number of thiazole rings is 1. The minimum absolute atomic E-state index is 0.0394. The van der Waals surface area contributed by atoms with Crippen molar-refractivity contribution in [3.63, 3.8) is 0 Å². The fourth-order valence-corrected chi connectivity index (χ4v) is 3.05. The highest BCUT2D eigenvalue weighted by atomic mass is 32.1. The minimum Gasteiger partial charge on any atom is -0.481 e. The van der Waals surface area contributed by atoms with Crippen LogP contribution in [0.25, 0.3) is 10.2 Å². The predicted molar refractivity (Wildman–Crippen MR) is 84.7 cm³/mol. The second-order valence-electron chi connectivity index (χ2n) is 4.68. The standard InChI is InChI=1S/C16H14N2O2S/c19-15(20)9-11-5-1-2-6-12(11)10-17-16-18-13-7-3-4-8-14(13)21-16/h1-8H,9-10H2,(H,17,18)(H,19,20). The van der Waals surface area contributed by atoms with E-state index in [1.807, 2.05) is 48.5 Å². The van der Waals surface area contributed by atoms with Gasteiger partial charge in [-0.2, -0.15) is 0 Å². The molecule has 0 aliphatic heterocycles. The van der Waals surface area contributed by atoms with Crippen molar-refractivity contribution >= 4 is 32.7 Å². The topological polar surface area (TPSA) is 62.2 Å². The summed E-state index contributed by atoms with van der Waals surface area (Å²) in [5.41, 5.74) is 2.79. The summed E-state index contributed by atoms with van der Waals surface area (Å²) in [6.07, 6.45) is 0.0394. The highest BCUT2D eigenvalue weighted by molar-refractivity contribution is 7.22. The number of aliphatic carboxylic acids is 1. The number of nitrogens with one attached hydrogen (secondary N) is 1. The van der Waals surface area contributed by atoms with Crippen molar-refractivity contribution in [1.29, 1.82) is 0 Å². The molecule has 0 saturated heterocycles. The molecule has 0 amide bonds. The lowest BCUT2D eigenvalue weighted by molar-refractivity contribution is -0.136. The van der Waals surface area contributed by atoms with Crippen LogP contribution in [0.5, 0.6) is 0 Å². The van der Waals surface area contributed by atoms with E-state index >= 15 is 0 Å². The lowest BCUT2D eigenvalue weighted by Crippen LogP contribution is -2.07. The van der Waals surface area contributed by atoms with E-state index < -0.39 is 5.97 Å². The van der Waals surface area contributed by atoms with Gasteiger partial charge >= 0.3 is 5.97 Å². The van der Waals surface area contributed by atoms with E-state index in [4.69, 9.17) is 5.11 Å². The first kappa shape index (κ1) is 13.6. The Balaban J connectivity index is 1.76. The predicted octanol–water partition coefficient (Wildman–Crippen LogP) is 3.54. The third-order valence-electron chi connectivity index (χ3n) is 3.18. The Morgan fingerprint density at radius 3 is 2.57 bits per heavy atom. The zero-order valence-corrected chi connectivity index (χ0v) is 12.1. The molecule has 0 saturated carbocycles. The second-order valence-corrected chi connectivity index (χ2v) is 5.71. The number of hydrogen-bond donors (Lipinski definition) is 2. The number of hydrogen-bond acceptors (Lipinski definition) is 4. The van der Waals surface area contributed by atoms with Crippen LogP contribution in [0.2, 0.25) is 0 Å². The summed E-state index contributed by atoms with van der Waals surface area (Å²) in [6.45, 7) is 0.573. The van der Waals surface area contributed by atoms with Crippen LogP contribution >= 0.6 is 11.3 Å². The molecule has 106 valence electrons. The molecule has 2 N–H and O–H groups in total. The molecule has 0 fully saturated rings. The summed E-state index contributed by atoms with van der Waals surface area (Å²) in [7, 11) is 0. The Morgan fingerprint density at radius 1 is 1.10 bits per heavy atom. The number of carboxylic acid groups (broad SMARTS) is 1. The molecule has 3 rings (SSSR count).